The van der Waals surface area contributed by atoms with Crippen molar-refractivity contribution in [1.29, 1.82) is 5.26 Å². The fraction of sp³-hybridized carbons (Fsp3) is 0.423. The van der Waals surface area contributed by atoms with E-state index in [-0.39, 0.29) is 18.4 Å². The van der Waals surface area contributed by atoms with E-state index in [1.54, 1.807) is 37.7 Å². The first-order valence-electron chi connectivity index (χ1n) is 11.1. The molecule has 0 radical (unpaired) electrons. The number of nitrogens with zero attached hydrogens (tertiary/aromatic N) is 2. The Bertz CT molecular complexity index is 1030. The first kappa shape index (κ1) is 25.2. The molecule has 3 atom stereocenters. The maximum absolute atomic E-state index is 10.7. The Kier molecular flexibility index (Phi) is 8.63. The molecule has 3 rings (SSSR count). The third-order valence-corrected chi connectivity index (χ3v) is 5.55. The number of aliphatic carboxylic acids is 1. The molecule has 8 nitrogen and oxygen atoms in total. The molecule has 1 fully saturated rings. The molecule has 2 heterocycles. The number of carbonyl (C=O) groups is 1. The largest absolute Gasteiger partial charge is 0.497 e. The van der Waals surface area contributed by atoms with Gasteiger partial charge in [0.2, 0.25) is 0 Å². The van der Waals surface area contributed by atoms with Crippen LogP contribution in [0.25, 0.3) is 0 Å². The van der Waals surface area contributed by atoms with Crippen LogP contribution in [0.3, 0.4) is 0 Å². The molecule has 3 unspecified atom stereocenters. The van der Waals surface area contributed by atoms with Gasteiger partial charge in [0.15, 0.2) is 11.9 Å². The lowest BCUT2D eigenvalue weighted by atomic mass is 9.92. The highest BCUT2D eigenvalue weighted by Gasteiger charge is 2.42. The number of hydrogen-bond acceptors (Lipinski definition) is 7. The highest BCUT2D eigenvalue weighted by molar-refractivity contribution is 5.66. The second-order valence-corrected chi connectivity index (χ2v) is 8.59. The van der Waals surface area contributed by atoms with Gasteiger partial charge in [-0.2, -0.15) is 5.26 Å². The van der Waals surface area contributed by atoms with E-state index in [0.29, 0.717) is 36.5 Å². The van der Waals surface area contributed by atoms with Crippen molar-refractivity contribution in [2.75, 3.05) is 13.7 Å². The predicted molar refractivity (Wildman–Crippen MR) is 124 cm³/mol. The molecule has 1 aliphatic heterocycles. The summed E-state index contributed by atoms with van der Waals surface area (Å²) in [4.78, 5) is 15.0. The minimum absolute atomic E-state index is 0.0213. The number of rotatable bonds is 10. The van der Waals surface area contributed by atoms with Crippen molar-refractivity contribution in [2.45, 2.75) is 51.1 Å². The van der Waals surface area contributed by atoms with Gasteiger partial charge in [0.05, 0.1) is 25.4 Å². The van der Waals surface area contributed by atoms with E-state index in [9.17, 15) is 10.1 Å². The van der Waals surface area contributed by atoms with Gasteiger partial charge in [0.25, 0.3) is 0 Å². The Labute approximate surface area is 199 Å². The summed E-state index contributed by atoms with van der Waals surface area (Å²) in [6.07, 6.45) is 7.61. The first-order chi connectivity index (χ1) is 16.3. The van der Waals surface area contributed by atoms with Gasteiger partial charge in [-0.1, -0.05) is 18.2 Å². The monoisotopic (exact) mass is 466 g/mol. The molecule has 0 aliphatic carbocycles. The molecule has 0 saturated carbocycles. The molecule has 1 aromatic heterocycles. The lowest BCUT2D eigenvalue weighted by molar-refractivity contribution is -0.288. The van der Waals surface area contributed by atoms with Crippen LogP contribution in [-0.2, 0) is 14.3 Å². The van der Waals surface area contributed by atoms with Gasteiger partial charge in [0.1, 0.15) is 17.6 Å². The van der Waals surface area contributed by atoms with Crippen LogP contribution in [0.5, 0.6) is 11.5 Å². The molecule has 0 amide bonds. The number of nitriles is 1. The van der Waals surface area contributed by atoms with Crippen molar-refractivity contribution in [3.63, 3.8) is 0 Å². The number of allylic oxidation sites excluding steroid dienone is 2. The minimum atomic E-state index is -0.900. The minimum Gasteiger partial charge on any atom is -0.497 e. The zero-order chi connectivity index (χ0) is 24.6. The van der Waals surface area contributed by atoms with Crippen molar-refractivity contribution in [3.05, 3.63) is 66.0 Å². The van der Waals surface area contributed by atoms with Crippen LogP contribution >= 0.6 is 0 Å². The van der Waals surface area contributed by atoms with Gasteiger partial charge < -0.3 is 24.1 Å². The maximum Gasteiger partial charge on any atom is 0.303 e. The highest BCUT2D eigenvalue weighted by Crippen LogP contribution is 2.39. The van der Waals surface area contributed by atoms with Crippen LogP contribution in [0.4, 0.5) is 0 Å². The van der Waals surface area contributed by atoms with Crippen molar-refractivity contribution >= 4 is 5.97 Å². The standard InChI is InChI=1S/C26H30N2O6/c1-26(2,34-22-12-11-21(31-3)14-20(22)15-27)25-32-17-19(8-5-4-6-10-23(29)30)24(33-25)18-9-7-13-28-16-18/h4-5,7,9,11-14,16,19,24-25H,6,8,10,17H2,1-3H3,(H,29,30)/b5-4-. The molecule has 2 aromatic rings. The van der Waals surface area contributed by atoms with E-state index in [2.05, 4.69) is 11.1 Å². The number of ether oxygens (including phenoxy) is 4. The Hall–Kier alpha value is -3.41. The molecule has 1 N–H and O–H groups in total. The van der Waals surface area contributed by atoms with Crippen molar-refractivity contribution in [1.82, 2.24) is 4.98 Å². The summed E-state index contributed by atoms with van der Waals surface area (Å²) < 4.78 is 23.9. The van der Waals surface area contributed by atoms with Crippen LogP contribution in [0.2, 0.25) is 0 Å². The molecule has 8 heteroatoms. The predicted octanol–water partition coefficient (Wildman–Crippen LogP) is 4.66. The lowest BCUT2D eigenvalue weighted by Crippen LogP contribution is -2.50. The van der Waals surface area contributed by atoms with Gasteiger partial charge in [-0.25, -0.2) is 0 Å². The number of carboxylic acids is 1. The number of methoxy groups -OCH3 is 1. The molecule has 34 heavy (non-hydrogen) atoms. The Morgan fingerprint density at radius 3 is 2.85 bits per heavy atom. The zero-order valence-corrected chi connectivity index (χ0v) is 19.6. The average molecular weight is 467 g/mol. The van der Waals surface area contributed by atoms with Crippen molar-refractivity contribution in [3.8, 4) is 17.6 Å². The summed E-state index contributed by atoms with van der Waals surface area (Å²) in [6, 6.07) is 11.0. The zero-order valence-electron chi connectivity index (χ0n) is 19.6. The summed E-state index contributed by atoms with van der Waals surface area (Å²) in [7, 11) is 1.54. The van der Waals surface area contributed by atoms with Crippen LogP contribution < -0.4 is 9.47 Å². The molecular formula is C26H30N2O6. The molecular weight excluding hydrogens is 436 g/mol. The quantitative estimate of drug-likeness (QED) is 0.503. The van der Waals surface area contributed by atoms with Crippen molar-refractivity contribution in [2.24, 2.45) is 5.92 Å². The second kappa shape index (κ2) is 11.6. The summed E-state index contributed by atoms with van der Waals surface area (Å²) in [5, 5.41) is 18.3. The Morgan fingerprint density at radius 2 is 2.18 bits per heavy atom. The normalized spacial score (nSPS) is 20.6. The summed E-state index contributed by atoms with van der Waals surface area (Å²) in [6.45, 7) is 4.14. The molecule has 0 bridgehead atoms. The molecule has 1 aromatic carbocycles. The molecule has 0 spiro atoms. The smallest absolute Gasteiger partial charge is 0.303 e. The molecule has 1 saturated heterocycles. The van der Waals surface area contributed by atoms with Crippen molar-refractivity contribution < 1.29 is 28.8 Å². The van der Waals surface area contributed by atoms with E-state index in [1.807, 2.05) is 38.1 Å². The summed E-state index contributed by atoms with van der Waals surface area (Å²) >= 11 is 0. The SMILES string of the molecule is COc1ccc(OC(C)(C)C2OCC(C/C=C\CCC(=O)O)C(c3cccnc3)O2)c(C#N)c1. The van der Waals surface area contributed by atoms with Gasteiger partial charge in [-0.15, -0.1) is 0 Å². The number of hydrogen-bond donors (Lipinski definition) is 1. The fourth-order valence-electron chi connectivity index (χ4n) is 3.77. The molecule has 1 aliphatic rings. The van der Waals surface area contributed by atoms with Crippen LogP contribution in [0.1, 0.15) is 50.3 Å². The van der Waals surface area contributed by atoms with Crippen LogP contribution in [0.15, 0.2) is 54.9 Å². The van der Waals surface area contributed by atoms with E-state index < -0.39 is 17.9 Å². The van der Waals surface area contributed by atoms with E-state index >= 15 is 0 Å². The fourth-order valence-corrected chi connectivity index (χ4v) is 3.77. The third-order valence-electron chi connectivity index (χ3n) is 5.55. The van der Waals surface area contributed by atoms with Crippen LogP contribution in [0, 0.1) is 17.2 Å². The second-order valence-electron chi connectivity index (χ2n) is 8.59. The highest BCUT2D eigenvalue weighted by atomic mass is 16.7. The van der Waals surface area contributed by atoms with Gasteiger partial charge in [-0.05, 0) is 50.5 Å². The van der Waals surface area contributed by atoms with Crippen LogP contribution in [-0.4, -0.2) is 41.7 Å². The number of benzene rings is 1. The topological polar surface area (TPSA) is 111 Å². The Morgan fingerprint density at radius 1 is 1.35 bits per heavy atom. The van der Waals surface area contributed by atoms with E-state index in [1.165, 1.54) is 0 Å². The Balaban J connectivity index is 1.75. The van der Waals surface area contributed by atoms with Gasteiger partial charge in [-0.3, -0.25) is 9.78 Å². The van der Waals surface area contributed by atoms with Gasteiger partial charge in [0, 0.05) is 30.8 Å². The number of aromatic nitrogens is 1. The summed E-state index contributed by atoms with van der Waals surface area (Å²) in [5.74, 6) is 0.196. The van der Waals surface area contributed by atoms with E-state index in [4.69, 9.17) is 24.1 Å². The maximum atomic E-state index is 10.7. The van der Waals surface area contributed by atoms with E-state index in [0.717, 1.165) is 5.56 Å². The number of carboxylic acid groups (broad SMARTS) is 1. The lowest BCUT2D eigenvalue weighted by Gasteiger charge is -2.43. The molecule has 180 valence electrons. The van der Waals surface area contributed by atoms with Gasteiger partial charge >= 0.3 is 5.97 Å². The first-order valence-corrected chi connectivity index (χ1v) is 11.1. The summed E-state index contributed by atoms with van der Waals surface area (Å²) in [5.41, 5.74) is 0.386. The number of pyridine rings is 1. The average Bonchev–Trinajstić information content (AvgIpc) is 2.84. The third kappa shape index (κ3) is 6.56.